The Kier molecular flexibility index (Phi) is 10.2. The minimum Gasteiger partial charge on any atom is -0.492 e. The van der Waals surface area contributed by atoms with E-state index in [2.05, 4.69) is 18.3 Å². The smallest absolute Gasteiger partial charge is 0.255 e. The number of aryl methyl sites for hydroxylation is 2. The molecule has 0 saturated heterocycles. The van der Waals surface area contributed by atoms with Crippen molar-refractivity contribution in [3.63, 3.8) is 0 Å². The van der Waals surface area contributed by atoms with E-state index in [0.29, 0.717) is 30.3 Å². The van der Waals surface area contributed by atoms with Crippen LogP contribution in [0.25, 0.3) is 0 Å². The van der Waals surface area contributed by atoms with Gasteiger partial charge in [0.15, 0.2) is 11.5 Å². The van der Waals surface area contributed by atoms with Crippen LogP contribution in [0.15, 0.2) is 48.5 Å². The lowest BCUT2D eigenvalue weighted by molar-refractivity contribution is 0.0946. The zero-order valence-electron chi connectivity index (χ0n) is 20.8. The summed E-state index contributed by atoms with van der Waals surface area (Å²) < 4.78 is 22.7. The minimum absolute atomic E-state index is 0. The Morgan fingerprint density at radius 3 is 2.03 bits per heavy atom. The molecule has 0 spiro atoms. The van der Waals surface area contributed by atoms with E-state index in [9.17, 15) is 4.79 Å². The lowest BCUT2D eigenvalue weighted by atomic mass is 10.1. The van der Waals surface area contributed by atoms with Gasteiger partial charge in [-0.15, -0.1) is 12.4 Å². The Morgan fingerprint density at radius 1 is 0.829 bits per heavy atom. The molecule has 35 heavy (non-hydrogen) atoms. The second-order valence-electron chi connectivity index (χ2n) is 7.91. The number of ether oxygens (including phenoxy) is 4. The standard InChI is InChI=1S/C27H32N2O5.ClH/c1-17-6-7-20(14-18(17)2)16-29-27(30)22-15-23(25(32-4)26(33-5)24(22)31-3)34-21-10-8-19(9-11-21)12-13-28;/h6-11,14-15H,12-13,16,28H2,1-5H3,(H,29,30);1H. The van der Waals surface area contributed by atoms with Crippen LogP contribution in [0.5, 0.6) is 28.7 Å². The fourth-order valence-corrected chi connectivity index (χ4v) is 3.63. The summed E-state index contributed by atoms with van der Waals surface area (Å²) in [5.74, 6) is 1.48. The summed E-state index contributed by atoms with van der Waals surface area (Å²) >= 11 is 0. The van der Waals surface area contributed by atoms with Crippen LogP contribution in [-0.4, -0.2) is 33.8 Å². The molecule has 0 saturated carbocycles. The summed E-state index contributed by atoms with van der Waals surface area (Å²) in [4.78, 5) is 13.2. The maximum Gasteiger partial charge on any atom is 0.255 e. The molecule has 0 aromatic heterocycles. The van der Waals surface area contributed by atoms with Gasteiger partial charge in [-0.3, -0.25) is 4.79 Å². The predicted octanol–water partition coefficient (Wildman–Crippen LogP) is 4.97. The highest BCUT2D eigenvalue weighted by Crippen LogP contribution is 2.47. The first-order chi connectivity index (χ1) is 16.4. The molecule has 0 unspecified atom stereocenters. The monoisotopic (exact) mass is 500 g/mol. The van der Waals surface area contributed by atoms with Gasteiger partial charge in [0.2, 0.25) is 11.5 Å². The van der Waals surface area contributed by atoms with Crippen LogP contribution in [0, 0.1) is 13.8 Å². The molecule has 0 atom stereocenters. The van der Waals surface area contributed by atoms with Crippen LogP contribution < -0.4 is 30.0 Å². The van der Waals surface area contributed by atoms with Gasteiger partial charge in [-0.1, -0.05) is 30.3 Å². The molecule has 188 valence electrons. The van der Waals surface area contributed by atoms with E-state index in [1.165, 1.54) is 32.5 Å². The molecule has 1 amide bonds. The van der Waals surface area contributed by atoms with Crippen molar-refractivity contribution in [1.82, 2.24) is 5.32 Å². The lowest BCUT2D eigenvalue weighted by Crippen LogP contribution is -2.23. The quantitative estimate of drug-likeness (QED) is 0.408. The first-order valence-corrected chi connectivity index (χ1v) is 11.1. The summed E-state index contributed by atoms with van der Waals surface area (Å²) in [7, 11) is 4.48. The number of rotatable bonds is 10. The van der Waals surface area contributed by atoms with Crippen molar-refractivity contribution in [1.29, 1.82) is 0 Å². The van der Waals surface area contributed by atoms with E-state index in [-0.39, 0.29) is 35.4 Å². The number of hydrogen-bond acceptors (Lipinski definition) is 6. The molecular weight excluding hydrogens is 468 g/mol. The minimum atomic E-state index is -0.320. The average molecular weight is 501 g/mol. The van der Waals surface area contributed by atoms with E-state index in [1.54, 1.807) is 6.07 Å². The van der Waals surface area contributed by atoms with Gasteiger partial charge in [0.05, 0.1) is 26.9 Å². The number of amides is 1. The molecule has 3 N–H and O–H groups in total. The first kappa shape index (κ1) is 27.8. The van der Waals surface area contributed by atoms with Crippen LogP contribution in [0.4, 0.5) is 0 Å². The Labute approximate surface area is 212 Å². The number of benzene rings is 3. The average Bonchev–Trinajstić information content (AvgIpc) is 2.85. The van der Waals surface area contributed by atoms with E-state index in [0.717, 1.165) is 17.5 Å². The Hall–Kier alpha value is -3.42. The molecular formula is C27H33ClN2O5. The largest absolute Gasteiger partial charge is 0.492 e. The zero-order valence-corrected chi connectivity index (χ0v) is 21.6. The van der Waals surface area contributed by atoms with Crippen LogP contribution in [0.1, 0.15) is 32.6 Å². The van der Waals surface area contributed by atoms with Gasteiger partial charge in [-0.2, -0.15) is 0 Å². The molecule has 7 nitrogen and oxygen atoms in total. The number of carbonyl (C=O) groups is 1. The molecule has 0 radical (unpaired) electrons. The summed E-state index contributed by atoms with van der Waals surface area (Å²) in [6.45, 7) is 5.05. The number of hydrogen-bond donors (Lipinski definition) is 2. The Morgan fingerprint density at radius 2 is 1.46 bits per heavy atom. The molecule has 8 heteroatoms. The van der Waals surface area contributed by atoms with Gasteiger partial charge in [-0.05, 0) is 61.2 Å². The van der Waals surface area contributed by atoms with Crippen molar-refractivity contribution < 1.29 is 23.7 Å². The topological polar surface area (TPSA) is 92.0 Å². The highest BCUT2D eigenvalue weighted by Gasteiger charge is 2.26. The fraction of sp³-hybridized carbons (Fsp3) is 0.296. The van der Waals surface area contributed by atoms with Crippen molar-refractivity contribution in [3.05, 3.63) is 76.3 Å². The van der Waals surface area contributed by atoms with Gasteiger partial charge in [-0.25, -0.2) is 0 Å². The predicted molar refractivity (Wildman–Crippen MR) is 140 cm³/mol. The highest BCUT2D eigenvalue weighted by atomic mass is 35.5. The third-order valence-electron chi connectivity index (χ3n) is 5.62. The fourth-order valence-electron chi connectivity index (χ4n) is 3.63. The lowest BCUT2D eigenvalue weighted by Gasteiger charge is -2.19. The molecule has 0 aliphatic heterocycles. The number of halogens is 1. The maximum atomic E-state index is 13.2. The summed E-state index contributed by atoms with van der Waals surface area (Å²) in [6, 6.07) is 15.3. The third kappa shape index (κ3) is 6.59. The molecule has 0 aliphatic carbocycles. The summed E-state index contributed by atoms with van der Waals surface area (Å²) in [6.07, 6.45) is 0.783. The normalized spacial score (nSPS) is 10.2. The molecule has 0 bridgehead atoms. The van der Waals surface area contributed by atoms with E-state index >= 15 is 0 Å². The first-order valence-electron chi connectivity index (χ1n) is 11.1. The van der Waals surface area contributed by atoms with Crippen molar-refractivity contribution in [2.75, 3.05) is 27.9 Å². The number of nitrogens with two attached hydrogens (primary N) is 1. The SMILES string of the molecule is COc1c(Oc2ccc(CCN)cc2)cc(C(=O)NCc2ccc(C)c(C)c2)c(OC)c1OC.Cl. The molecule has 0 heterocycles. The van der Waals surface area contributed by atoms with Crippen molar-refractivity contribution in [3.8, 4) is 28.7 Å². The second-order valence-corrected chi connectivity index (χ2v) is 7.91. The zero-order chi connectivity index (χ0) is 24.7. The van der Waals surface area contributed by atoms with Gasteiger partial charge in [0.25, 0.3) is 5.91 Å². The highest BCUT2D eigenvalue weighted by molar-refractivity contribution is 5.99. The van der Waals surface area contributed by atoms with E-state index < -0.39 is 0 Å². The van der Waals surface area contributed by atoms with Crippen LogP contribution in [0.3, 0.4) is 0 Å². The molecule has 3 aromatic rings. The number of nitrogens with one attached hydrogen (secondary N) is 1. The maximum absolute atomic E-state index is 13.2. The molecule has 0 fully saturated rings. The summed E-state index contributed by atoms with van der Waals surface area (Å²) in [5.41, 5.74) is 10.4. The van der Waals surface area contributed by atoms with E-state index in [4.69, 9.17) is 24.7 Å². The van der Waals surface area contributed by atoms with Gasteiger partial charge >= 0.3 is 0 Å². The van der Waals surface area contributed by atoms with Crippen molar-refractivity contribution in [2.45, 2.75) is 26.8 Å². The van der Waals surface area contributed by atoms with Crippen molar-refractivity contribution in [2.24, 2.45) is 5.73 Å². The molecule has 0 aliphatic rings. The van der Waals surface area contributed by atoms with Crippen molar-refractivity contribution >= 4 is 18.3 Å². The van der Waals surface area contributed by atoms with Gasteiger partial charge < -0.3 is 30.0 Å². The molecule has 3 rings (SSSR count). The molecule has 3 aromatic carbocycles. The number of methoxy groups -OCH3 is 3. The summed E-state index contributed by atoms with van der Waals surface area (Å²) in [5, 5.41) is 2.96. The Balaban J connectivity index is 0.00000432. The second kappa shape index (κ2) is 12.9. The third-order valence-corrected chi connectivity index (χ3v) is 5.62. The van der Waals surface area contributed by atoms with Gasteiger partial charge in [0.1, 0.15) is 5.75 Å². The van der Waals surface area contributed by atoms with Gasteiger partial charge in [0, 0.05) is 12.6 Å². The number of carbonyl (C=O) groups excluding carboxylic acids is 1. The van der Waals surface area contributed by atoms with Crippen LogP contribution in [-0.2, 0) is 13.0 Å². The van der Waals surface area contributed by atoms with Crippen LogP contribution in [0.2, 0.25) is 0 Å². The van der Waals surface area contributed by atoms with Crippen LogP contribution >= 0.6 is 12.4 Å². The Bertz CT molecular complexity index is 1150. The van der Waals surface area contributed by atoms with E-state index in [1.807, 2.05) is 43.3 Å².